The average molecular weight is 283 g/mol. The zero-order valence-electron chi connectivity index (χ0n) is 12.1. The molecular weight excluding hydrogens is 266 g/mol. The van der Waals surface area contributed by atoms with Gasteiger partial charge in [0.2, 0.25) is 0 Å². The number of Topliss-reactive ketones (excluding diaryl/α,β-unsaturated/α-hetero) is 1. The first kappa shape index (κ1) is 14.8. The van der Waals surface area contributed by atoms with Crippen molar-refractivity contribution in [1.82, 2.24) is 0 Å². The van der Waals surface area contributed by atoms with Gasteiger partial charge in [-0.05, 0) is 37.1 Å². The second kappa shape index (κ2) is 6.70. The number of benzene rings is 2. The maximum absolute atomic E-state index is 11.7. The summed E-state index contributed by atoms with van der Waals surface area (Å²) in [5, 5.41) is 2.62. The highest BCUT2D eigenvalue weighted by Gasteiger charge is 2.08. The molecule has 0 radical (unpaired) electrons. The number of carbonyl (C=O) groups excluding carboxylic acids is 2. The summed E-state index contributed by atoms with van der Waals surface area (Å²) in [6.07, 6.45) is -0.544. The Morgan fingerprint density at radius 3 is 2.48 bits per heavy atom. The Hall–Kier alpha value is -2.62. The van der Waals surface area contributed by atoms with Crippen molar-refractivity contribution in [3.63, 3.8) is 0 Å². The van der Waals surface area contributed by atoms with Crippen LogP contribution in [0.15, 0.2) is 48.5 Å². The van der Waals surface area contributed by atoms with Crippen LogP contribution in [0.5, 0.6) is 0 Å². The fourth-order valence-electron chi connectivity index (χ4n) is 1.96. The Bertz CT molecular complexity index is 650. The van der Waals surface area contributed by atoms with Crippen molar-refractivity contribution in [2.24, 2.45) is 0 Å². The highest BCUT2D eigenvalue weighted by atomic mass is 16.5. The molecule has 0 saturated carbocycles. The van der Waals surface area contributed by atoms with E-state index in [0.29, 0.717) is 11.3 Å². The highest BCUT2D eigenvalue weighted by molar-refractivity contribution is 5.97. The number of ketones is 1. The number of hydrogen-bond acceptors (Lipinski definition) is 3. The van der Waals surface area contributed by atoms with Gasteiger partial charge in [-0.2, -0.15) is 0 Å². The van der Waals surface area contributed by atoms with Crippen LogP contribution in [0.25, 0.3) is 0 Å². The van der Waals surface area contributed by atoms with Gasteiger partial charge in [-0.1, -0.05) is 36.4 Å². The van der Waals surface area contributed by atoms with Crippen LogP contribution >= 0.6 is 0 Å². The lowest BCUT2D eigenvalue weighted by atomic mass is 10.0. The molecule has 0 aliphatic heterocycles. The van der Waals surface area contributed by atoms with E-state index in [2.05, 4.69) is 5.32 Å². The Kier molecular flexibility index (Phi) is 4.72. The average Bonchev–Trinajstić information content (AvgIpc) is 2.48. The topological polar surface area (TPSA) is 55.4 Å². The summed E-state index contributed by atoms with van der Waals surface area (Å²) in [7, 11) is 0. The van der Waals surface area contributed by atoms with E-state index in [-0.39, 0.29) is 12.4 Å². The fourth-order valence-corrected chi connectivity index (χ4v) is 1.96. The molecule has 108 valence electrons. The van der Waals surface area contributed by atoms with Crippen LogP contribution in [0.1, 0.15) is 28.4 Å². The molecule has 0 heterocycles. The second-order valence-corrected chi connectivity index (χ2v) is 4.77. The van der Waals surface area contributed by atoms with Gasteiger partial charge < -0.3 is 4.74 Å². The lowest BCUT2D eigenvalue weighted by molar-refractivity contribution is 0.101. The van der Waals surface area contributed by atoms with Gasteiger partial charge >= 0.3 is 6.09 Å². The normalized spacial score (nSPS) is 10.0. The summed E-state index contributed by atoms with van der Waals surface area (Å²) in [5.74, 6) is -0.0335. The molecule has 2 aromatic rings. The summed E-state index contributed by atoms with van der Waals surface area (Å²) in [6, 6.07) is 14.6. The van der Waals surface area contributed by atoms with E-state index in [1.165, 1.54) is 6.92 Å². The molecule has 0 aromatic heterocycles. The number of carbonyl (C=O) groups is 2. The molecule has 1 amide bonds. The van der Waals surface area contributed by atoms with Gasteiger partial charge in [0.05, 0.1) is 0 Å². The van der Waals surface area contributed by atoms with Crippen LogP contribution in [-0.2, 0) is 11.3 Å². The minimum Gasteiger partial charge on any atom is -0.444 e. The van der Waals surface area contributed by atoms with Crippen LogP contribution in [-0.4, -0.2) is 11.9 Å². The van der Waals surface area contributed by atoms with Crippen molar-refractivity contribution < 1.29 is 14.3 Å². The first-order valence-electron chi connectivity index (χ1n) is 6.65. The molecule has 0 fully saturated rings. The van der Waals surface area contributed by atoms with Crippen molar-refractivity contribution in [3.8, 4) is 0 Å². The van der Waals surface area contributed by atoms with E-state index in [9.17, 15) is 9.59 Å². The van der Waals surface area contributed by atoms with E-state index >= 15 is 0 Å². The molecule has 21 heavy (non-hydrogen) atoms. The molecule has 0 atom stereocenters. The Labute approximate surface area is 123 Å². The van der Waals surface area contributed by atoms with E-state index in [4.69, 9.17) is 4.74 Å². The molecular formula is C17H17NO3. The van der Waals surface area contributed by atoms with Gasteiger partial charge in [0.25, 0.3) is 0 Å². The predicted molar refractivity (Wildman–Crippen MR) is 81.4 cm³/mol. The van der Waals surface area contributed by atoms with E-state index in [0.717, 1.165) is 11.1 Å². The fraction of sp³-hybridized carbons (Fsp3) is 0.176. The summed E-state index contributed by atoms with van der Waals surface area (Å²) < 4.78 is 5.13. The third-order valence-electron chi connectivity index (χ3n) is 3.08. The number of hydrogen-bond donors (Lipinski definition) is 1. The SMILES string of the molecule is CC(=O)c1cc(NC(=O)OCc2ccccc2)ccc1C. The van der Waals surface area contributed by atoms with Crippen molar-refractivity contribution >= 4 is 17.6 Å². The quantitative estimate of drug-likeness (QED) is 0.864. The molecule has 2 rings (SSSR count). The van der Waals surface area contributed by atoms with E-state index in [1.807, 2.05) is 37.3 Å². The summed E-state index contributed by atoms with van der Waals surface area (Å²) in [5.41, 5.74) is 2.94. The standard InChI is InChI=1S/C17H17NO3/c1-12-8-9-15(10-16(12)13(2)19)18-17(20)21-11-14-6-4-3-5-7-14/h3-10H,11H2,1-2H3,(H,18,20). The molecule has 0 bridgehead atoms. The molecule has 0 aliphatic rings. The molecule has 4 heteroatoms. The molecule has 0 saturated heterocycles. The Morgan fingerprint density at radius 2 is 1.81 bits per heavy atom. The van der Waals surface area contributed by atoms with Crippen LogP contribution < -0.4 is 5.32 Å². The molecule has 4 nitrogen and oxygen atoms in total. The van der Waals surface area contributed by atoms with Crippen molar-refractivity contribution in [3.05, 3.63) is 65.2 Å². The number of nitrogens with one attached hydrogen (secondary N) is 1. The van der Waals surface area contributed by atoms with E-state index in [1.54, 1.807) is 18.2 Å². The molecule has 0 aliphatic carbocycles. The maximum atomic E-state index is 11.7. The van der Waals surface area contributed by atoms with Crippen LogP contribution in [0, 0.1) is 6.92 Å². The summed E-state index contributed by atoms with van der Waals surface area (Å²) >= 11 is 0. The summed E-state index contributed by atoms with van der Waals surface area (Å²) in [6.45, 7) is 3.56. The third kappa shape index (κ3) is 4.18. The molecule has 0 spiro atoms. The minimum absolute atomic E-state index is 0.0335. The number of rotatable bonds is 4. The van der Waals surface area contributed by atoms with Gasteiger partial charge in [-0.15, -0.1) is 0 Å². The van der Waals surface area contributed by atoms with Gasteiger partial charge in [0, 0.05) is 11.3 Å². The largest absolute Gasteiger partial charge is 0.444 e. The summed E-state index contributed by atoms with van der Waals surface area (Å²) in [4.78, 5) is 23.2. The number of amides is 1. The smallest absolute Gasteiger partial charge is 0.411 e. The van der Waals surface area contributed by atoms with Gasteiger partial charge in [-0.25, -0.2) is 4.79 Å². The molecule has 2 aromatic carbocycles. The highest BCUT2D eigenvalue weighted by Crippen LogP contribution is 2.16. The van der Waals surface area contributed by atoms with Crippen LogP contribution in [0.3, 0.4) is 0 Å². The van der Waals surface area contributed by atoms with Crippen LogP contribution in [0.4, 0.5) is 10.5 Å². The van der Waals surface area contributed by atoms with Gasteiger partial charge in [0.1, 0.15) is 6.61 Å². The first-order valence-corrected chi connectivity index (χ1v) is 6.65. The zero-order valence-corrected chi connectivity index (χ0v) is 12.1. The number of aryl methyl sites for hydroxylation is 1. The predicted octanol–water partition coefficient (Wildman–Crippen LogP) is 3.95. The van der Waals surface area contributed by atoms with Gasteiger partial charge in [-0.3, -0.25) is 10.1 Å². The number of ether oxygens (including phenoxy) is 1. The molecule has 0 unspecified atom stereocenters. The lowest BCUT2D eigenvalue weighted by Gasteiger charge is -2.09. The number of anilines is 1. The van der Waals surface area contributed by atoms with Crippen molar-refractivity contribution in [1.29, 1.82) is 0 Å². The third-order valence-corrected chi connectivity index (χ3v) is 3.08. The van der Waals surface area contributed by atoms with Crippen molar-refractivity contribution in [2.45, 2.75) is 20.5 Å². The lowest BCUT2D eigenvalue weighted by Crippen LogP contribution is -2.14. The second-order valence-electron chi connectivity index (χ2n) is 4.77. The van der Waals surface area contributed by atoms with Crippen LogP contribution in [0.2, 0.25) is 0 Å². The van der Waals surface area contributed by atoms with E-state index < -0.39 is 6.09 Å². The zero-order chi connectivity index (χ0) is 15.2. The van der Waals surface area contributed by atoms with Gasteiger partial charge in [0.15, 0.2) is 5.78 Å². The maximum Gasteiger partial charge on any atom is 0.411 e. The Morgan fingerprint density at radius 1 is 1.10 bits per heavy atom. The monoisotopic (exact) mass is 283 g/mol. The Balaban J connectivity index is 1.97. The first-order chi connectivity index (χ1) is 10.1. The van der Waals surface area contributed by atoms with Crippen molar-refractivity contribution in [2.75, 3.05) is 5.32 Å². The minimum atomic E-state index is -0.544. The molecule has 1 N–H and O–H groups in total.